The third-order valence-corrected chi connectivity index (χ3v) is 3.13. The molecule has 22 heavy (non-hydrogen) atoms. The second-order valence-electron chi connectivity index (χ2n) is 4.54. The maximum absolute atomic E-state index is 11.7. The minimum absolute atomic E-state index is 0.504. The molecule has 0 spiro atoms. The lowest BCUT2D eigenvalue weighted by atomic mass is 10.2. The molecule has 2 amide bonds. The molecular formula is C16H14ClN3O2. The zero-order valence-corrected chi connectivity index (χ0v) is 12.6. The molecule has 2 rings (SSSR count). The van der Waals surface area contributed by atoms with Gasteiger partial charge in [0.2, 0.25) is 0 Å². The fraction of sp³-hybridized carbons (Fsp3) is 0.0625. The van der Waals surface area contributed by atoms with Gasteiger partial charge in [0.05, 0.1) is 6.21 Å². The van der Waals surface area contributed by atoms with Crippen LogP contribution in [0.15, 0.2) is 53.6 Å². The Labute approximate surface area is 133 Å². The molecule has 2 aromatic carbocycles. The van der Waals surface area contributed by atoms with Crippen LogP contribution in [0.25, 0.3) is 0 Å². The van der Waals surface area contributed by atoms with Crippen LogP contribution in [0, 0.1) is 6.92 Å². The predicted molar refractivity (Wildman–Crippen MR) is 87.0 cm³/mol. The van der Waals surface area contributed by atoms with Crippen LogP contribution >= 0.6 is 11.6 Å². The quantitative estimate of drug-likeness (QED) is 0.519. The van der Waals surface area contributed by atoms with Gasteiger partial charge in [-0.1, -0.05) is 47.5 Å². The lowest BCUT2D eigenvalue weighted by molar-refractivity contribution is -0.136. The van der Waals surface area contributed by atoms with Crippen LogP contribution in [0.3, 0.4) is 0 Å². The van der Waals surface area contributed by atoms with Crippen LogP contribution in [0.2, 0.25) is 5.02 Å². The number of nitrogens with one attached hydrogen (secondary N) is 2. The highest BCUT2D eigenvalue weighted by atomic mass is 35.5. The van der Waals surface area contributed by atoms with Gasteiger partial charge in [-0.3, -0.25) is 9.59 Å². The van der Waals surface area contributed by atoms with E-state index in [0.717, 1.165) is 5.56 Å². The molecule has 2 N–H and O–H groups in total. The highest BCUT2D eigenvalue weighted by molar-refractivity contribution is 6.39. The Hall–Kier alpha value is -2.66. The maximum atomic E-state index is 11.7. The van der Waals surface area contributed by atoms with E-state index in [2.05, 4.69) is 15.8 Å². The molecule has 0 saturated carbocycles. The number of carbonyl (C=O) groups is 2. The first-order valence-electron chi connectivity index (χ1n) is 6.52. The number of aryl methyl sites for hydroxylation is 1. The smallest absolute Gasteiger partial charge is 0.318 e. The molecule has 0 aromatic heterocycles. The second-order valence-corrected chi connectivity index (χ2v) is 4.95. The number of rotatable bonds is 3. The van der Waals surface area contributed by atoms with Gasteiger partial charge < -0.3 is 5.32 Å². The van der Waals surface area contributed by atoms with E-state index < -0.39 is 11.8 Å². The Bertz CT molecular complexity index is 712. The number of carbonyl (C=O) groups excluding carboxylic acids is 2. The highest BCUT2D eigenvalue weighted by Gasteiger charge is 2.12. The van der Waals surface area contributed by atoms with Crippen molar-refractivity contribution in [3.63, 3.8) is 0 Å². The summed E-state index contributed by atoms with van der Waals surface area (Å²) in [6.45, 7) is 1.93. The largest absolute Gasteiger partial charge is 0.329 e. The van der Waals surface area contributed by atoms with Gasteiger partial charge >= 0.3 is 11.8 Å². The standard InChI is InChI=1S/C16H14ClN3O2/c1-11-6-8-13(9-7-11)19-15(21)16(22)20-18-10-12-4-2-3-5-14(12)17/h2-10H,1H3,(H,19,21)(H,20,22)/b18-10+. The first kappa shape index (κ1) is 15.7. The predicted octanol–water partition coefficient (Wildman–Crippen LogP) is 2.74. The van der Waals surface area contributed by atoms with Crippen molar-refractivity contribution in [2.45, 2.75) is 6.92 Å². The molecule has 0 radical (unpaired) electrons. The fourth-order valence-electron chi connectivity index (χ4n) is 1.62. The van der Waals surface area contributed by atoms with E-state index in [1.165, 1.54) is 6.21 Å². The first-order valence-corrected chi connectivity index (χ1v) is 6.89. The summed E-state index contributed by atoms with van der Waals surface area (Å²) in [5, 5.41) is 6.69. The van der Waals surface area contributed by atoms with Crippen LogP contribution in [0.5, 0.6) is 0 Å². The van der Waals surface area contributed by atoms with Crippen LogP contribution in [-0.2, 0) is 9.59 Å². The first-order chi connectivity index (χ1) is 10.6. The van der Waals surface area contributed by atoms with E-state index in [-0.39, 0.29) is 0 Å². The maximum Gasteiger partial charge on any atom is 0.329 e. The van der Waals surface area contributed by atoms with Crippen molar-refractivity contribution < 1.29 is 9.59 Å². The lowest BCUT2D eigenvalue weighted by Crippen LogP contribution is -2.32. The molecule has 112 valence electrons. The minimum Gasteiger partial charge on any atom is -0.318 e. The summed E-state index contributed by atoms with van der Waals surface area (Å²) in [4.78, 5) is 23.3. The zero-order chi connectivity index (χ0) is 15.9. The number of nitrogens with zero attached hydrogens (tertiary/aromatic N) is 1. The molecule has 0 aliphatic carbocycles. The Morgan fingerprint density at radius 3 is 2.41 bits per heavy atom. The molecule has 0 aliphatic heterocycles. The van der Waals surface area contributed by atoms with Crippen molar-refractivity contribution in [1.82, 2.24) is 5.43 Å². The Balaban J connectivity index is 1.90. The van der Waals surface area contributed by atoms with Gasteiger partial charge in [0, 0.05) is 16.3 Å². The van der Waals surface area contributed by atoms with Crippen molar-refractivity contribution in [2.75, 3.05) is 5.32 Å². The van der Waals surface area contributed by atoms with E-state index in [9.17, 15) is 9.59 Å². The van der Waals surface area contributed by atoms with Gasteiger partial charge in [-0.15, -0.1) is 0 Å². The minimum atomic E-state index is -0.858. The average Bonchev–Trinajstić information content (AvgIpc) is 2.51. The normalized spacial score (nSPS) is 10.5. The Morgan fingerprint density at radius 1 is 1.05 bits per heavy atom. The molecule has 0 atom stereocenters. The molecular weight excluding hydrogens is 302 g/mol. The van der Waals surface area contributed by atoms with E-state index in [1.807, 2.05) is 19.1 Å². The Kier molecular flexibility index (Phi) is 5.27. The van der Waals surface area contributed by atoms with Crippen LogP contribution < -0.4 is 10.7 Å². The summed E-state index contributed by atoms with van der Waals surface area (Å²) in [6.07, 6.45) is 1.37. The van der Waals surface area contributed by atoms with E-state index >= 15 is 0 Å². The van der Waals surface area contributed by atoms with Gasteiger partial charge in [-0.05, 0) is 25.1 Å². The third-order valence-electron chi connectivity index (χ3n) is 2.79. The van der Waals surface area contributed by atoms with Gasteiger partial charge in [-0.2, -0.15) is 5.10 Å². The van der Waals surface area contributed by atoms with E-state index in [4.69, 9.17) is 11.6 Å². The molecule has 0 fully saturated rings. The zero-order valence-electron chi connectivity index (χ0n) is 11.8. The molecule has 5 nitrogen and oxygen atoms in total. The topological polar surface area (TPSA) is 70.6 Å². The van der Waals surface area contributed by atoms with Gasteiger partial charge in [-0.25, -0.2) is 5.43 Å². The fourth-order valence-corrected chi connectivity index (χ4v) is 1.80. The number of hydrazone groups is 1. The van der Waals surface area contributed by atoms with Gasteiger partial charge in [0.15, 0.2) is 0 Å². The number of amides is 2. The number of hydrogen-bond donors (Lipinski definition) is 2. The Morgan fingerprint density at radius 2 is 1.73 bits per heavy atom. The molecule has 0 bridgehead atoms. The molecule has 0 aliphatic rings. The van der Waals surface area contributed by atoms with Crippen LogP contribution in [0.1, 0.15) is 11.1 Å². The molecule has 0 heterocycles. The summed E-state index contributed by atoms with van der Waals surface area (Å²) < 4.78 is 0. The van der Waals surface area contributed by atoms with Gasteiger partial charge in [0.25, 0.3) is 0 Å². The molecule has 2 aromatic rings. The molecule has 0 saturated heterocycles. The van der Waals surface area contributed by atoms with Crippen LogP contribution in [-0.4, -0.2) is 18.0 Å². The SMILES string of the molecule is Cc1ccc(NC(=O)C(=O)N/N=C/c2ccccc2Cl)cc1. The third kappa shape index (κ3) is 4.43. The molecule has 0 unspecified atom stereocenters. The van der Waals surface area contributed by atoms with Gasteiger partial charge in [0.1, 0.15) is 0 Å². The highest BCUT2D eigenvalue weighted by Crippen LogP contribution is 2.12. The number of hydrogen-bond acceptors (Lipinski definition) is 3. The van der Waals surface area contributed by atoms with E-state index in [1.54, 1.807) is 36.4 Å². The van der Waals surface area contributed by atoms with Crippen molar-refractivity contribution in [3.8, 4) is 0 Å². The monoisotopic (exact) mass is 315 g/mol. The average molecular weight is 316 g/mol. The van der Waals surface area contributed by atoms with Crippen molar-refractivity contribution in [3.05, 3.63) is 64.7 Å². The summed E-state index contributed by atoms with van der Waals surface area (Å²) in [7, 11) is 0. The number of anilines is 1. The lowest BCUT2D eigenvalue weighted by Gasteiger charge is -2.04. The van der Waals surface area contributed by atoms with Crippen molar-refractivity contribution in [1.29, 1.82) is 0 Å². The summed E-state index contributed by atoms with van der Waals surface area (Å²) in [5.74, 6) is -1.65. The summed E-state index contributed by atoms with van der Waals surface area (Å²) in [6, 6.07) is 14.1. The van der Waals surface area contributed by atoms with Crippen LogP contribution in [0.4, 0.5) is 5.69 Å². The summed E-state index contributed by atoms with van der Waals surface area (Å²) >= 11 is 5.94. The summed E-state index contributed by atoms with van der Waals surface area (Å²) in [5.41, 5.74) is 4.40. The molecule has 6 heteroatoms. The number of halogens is 1. The van der Waals surface area contributed by atoms with Crippen molar-refractivity contribution >= 4 is 35.3 Å². The second kappa shape index (κ2) is 7.38. The van der Waals surface area contributed by atoms with Crippen molar-refractivity contribution in [2.24, 2.45) is 5.10 Å². The van der Waals surface area contributed by atoms with E-state index in [0.29, 0.717) is 16.3 Å². The number of benzene rings is 2.